The molecule has 1 saturated carbocycles. The Balaban J connectivity index is 2.17. The zero-order valence-corrected chi connectivity index (χ0v) is 15.0. The first-order valence-electron chi connectivity index (χ1n) is 8.75. The smallest absolute Gasteiger partial charge is 0.224 e. The van der Waals surface area contributed by atoms with E-state index in [1.165, 1.54) is 32.0 Å². The summed E-state index contributed by atoms with van der Waals surface area (Å²) in [5.74, 6) is 2.97. The Kier molecular flexibility index (Phi) is 5.85. The lowest BCUT2D eigenvalue weighted by Crippen LogP contribution is -2.35. The van der Waals surface area contributed by atoms with Crippen LogP contribution in [-0.4, -0.2) is 20.8 Å². The second kappa shape index (κ2) is 7.66. The van der Waals surface area contributed by atoms with Crippen LogP contribution in [0, 0.1) is 11.8 Å². The molecular weight excluding hydrogens is 286 g/mol. The molecule has 23 heavy (non-hydrogen) atoms. The fourth-order valence-electron chi connectivity index (χ4n) is 3.31. The van der Waals surface area contributed by atoms with Crippen molar-refractivity contribution in [1.82, 2.24) is 20.1 Å². The molecule has 3 N–H and O–H groups in total. The fraction of sp³-hybridized carbons (Fsp3) is 0.667. The molecular formula is C18H31N5. The Labute approximate surface area is 140 Å². The van der Waals surface area contributed by atoms with Crippen LogP contribution in [0.1, 0.15) is 59.8 Å². The largest absolute Gasteiger partial charge is 0.368 e. The molecule has 0 amide bonds. The Bertz CT molecular complexity index is 562. The molecule has 2 rings (SSSR count). The van der Waals surface area contributed by atoms with Crippen molar-refractivity contribution in [2.75, 3.05) is 5.73 Å². The van der Waals surface area contributed by atoms with E-state index in [0.29, 0.717) is 12.0 Å². The van der Waals surface area contributed by atoms with Crippen molar-refractivity contribution in [3.63, 3.8) is 0 Å². The number of nitrogen functional groups attached to an aromatic ring is 1. The Hall–Kier alpha value is -1.78. The third kappa shape index (κ3) is 4.15. The molecule has 0 unspecified atom stereocenters. The average molecular weight is 317 g/mol. The molecule has 1 aliphatic carbocycles. The minimum Gasteiger partial charge on any atom is -0.368 e. The van der Waals surface area contributed by atoms with Crippen LogP contribution >= 0.6 is 0 Å². The highest BCUT2D eigenvalue weighted by molar-refractivity contribution is 5.57. The van der Waals surface area contributed by atoms with E-state index in [-0.39, 0.29) is 0 Å². The van der Waals surface area contributed by atoms with Crippen LogP contribution in [0.5, 0.6) is 0 Å². The van der Waals surface area contributed by atoms with Crippen molar-refractivity contribution in [3.8, 4) is 0 Å². The predicted octanol–water partition coefficient (Wildman–Crippen LogP) is 3.82. The van der Waals surface area contributed by atoms with Gasteiger partial charge in [0.05, 0.1) is 0 Å². The number of allylic oxidation sites excluding steroid dienone is 2. The Morgan fingerprint density at radius 2 is 2.04 bits per heavy atom. The van der Waals surface area contributed by atoms with Gasteiger partial charge in [0.25, 0.3) is 0 Å². The molecule has 1 aliphatic rings. The van der Waals surface area contributed by atoms with Gasteiger partial charge in [0.2, 0.25) is 5.95 Å². The highest BCUT2D eigenvalue weighted by atomic mass is 15.4. The summed E-state index contributed by atoms with van der Waals surface area (Å²) in [6.45, 7) is 13.0. The normalized spacial score (nSPS) is 22.8. The first-order valence-corrected chi connectivity index (χ1v) is 8.75. The van der Waals surface area contributed by atoms with Crippen LogP contribution in [0.4, 0.5) is 5.95 Å². The zero-order valence-electron chi connectivity index (χ0n) is 15.0. The van der Waals surface area contributed by atoms with Gasteiger partial charge in [0.15, 0.2) is 0 Å². The molecule has 1 aromatic rings. The molecule has 0 aliphatic heterocycles. The molecule has 0 spiro atoms. The van der Waals surface area contributed by atoms with Gasteiger partial charge in [-0.15, -0.1) is 0 Å². The lowest BCUT2D eigenvalue weighted by molar-refractivity contribution is 0.248. The average Bonchev–Trinajstić information content (AvgIpc) is 2.97. The van der Waals surface area contributed by atoms with Crippen molar-refractivity contribution >= 4 is 11.8 Å². The number of aromatic nitrogens is 3. The first kappa shape index (κ1) is 17.6. The summed E-state index contributed by atoms with van der Waals surface area (Å²) in [6.07, 6.45) is 7.34. The molecule has 0 aromatic carbocycles. The van der Waals surface area contributed by atoms with Crippen LogP contribution in [0.25, 0.3) is 5.82 Å². The lowest BCUT2D eigenvalue weighted by Gasteiger charge is -2.33. The third-order valence-corrected chi connectivity index (χ3v) is 5.15. The number of nitrogens with one attached hydrogen (secondary N) is 1. The molecule has 5 nitrogen and oxygen atoms in total. The van der Waals surface area contributed by atoms with Crippen LogP contribution < -0.4 is 11.1 Å². The summed E-state index contributed by atoms with van der Waals surface area (Å²) in [4.78, 5) is 4.06. The maximum absolute atomic E-state index is 5.97. The fourth-order valence-corrected chi connectivity index (χ4v) is 3.31. The number of hydrogen-bond donors (Lipinski definition) is 2. The molecule has 128 valence electrons. The van der Waals surface area contributed by atoms with Gasteiger partial charge < -0.3 is 11.1 Å². The summed E-state index contributed by atoms with van der Waals surface area (Å²) in [6, 6.07) is 0.461. The summed E-state index contributed by atoms with van der Waals surface area (Å²) in [5.41, 5.74) is 8.18. The van der Waals surface area contributed by atoms with Crippen molar-refractivity contribution in [2.45, 2.75) is 65.8 Å². The predicted molar refractivity (Wildman–Crippen MR) is 96.5 cm³/mol. The summed E-state index contributed by atoms with van der Waals surface area (Å²) >= 11 is 0. The number of hydrogen-bond acceptors (Lipinski definition) is 4. The van der Waals surface area contributed by atoms with Gasteiger partial charge in [-0.05, 0) is 62.0 Å². The Morgan fingerprint density at radius 3 is 2.52 bits per heavy atom. The van der Waals surface area contributed by atoms with E-state index < -0.39 is 0 Å². The lowest BCUT2D eigenvalue weighted by atomic mass is 9.79. The number of nitrogens with zero attached hydrogens (tertiary/aromatic N) is 3. The maximum atomic E-state index is 5.97. The zero-order chi connectivity index (χ0) is 17.0. The van der Waals surface area contributed by atoms with E-state index in [9.17, 15) is 0 Å². The molecule has 5 heteroatoms. The van der Waals surface area contributed by atoms with Gasteiger partial charge in [-0.25, -0.2) is 0 Å². The van der Waals surface area contributed by atoms with E-state index >= 15 is 0 Å². The number of nitrogens with two attached hydrogens (primary N) is 1. The topological polar surface area (TPSA) is 68.8 Å². The van der Waals surface area contributed by atoms with E-state index in [4.69, 9.17) is 5.73 Å². The number of rotatable bonds is 6. The van der Waals surface area contributed by atoms with Gasteiger partial charge in [0, 0.05) is 6.04 Å². The third-order valence-electron chi connectivity index (χ3n) is 5.15. The minimum atomic E-state index is 0.409. The van der Waals surface area contributed by atoms with Crippen LogP contribution in [0.3, 0.4) is 0 Å². The minimum absolute atomic E-state index is 0.409. The monoisotopic (exact) mass is 317 g/mol. The van der Waals surface area contributed by atoms with Gasteiger partial charge in [-0.1, -0.05) is 27.4 Å². The van der Waals surface area contributed by atoms with Gasteiger partial charge >= 0.3 is 0 Å². The van der Waals surface area contributed by atoms with Crippen molar-refractivity contribution in [3.05, 3.63) is 24.1 Å². The van der Waals surface area contributed by atoms with Crippen LogP contribution in [-0.2, 0) is 0 Å². The second-order valence-electron chi connectivity index (χ2n) is 6.96. The Morgan fingerprint density at radius 1 is 1.39 bits per heavy atom. The van der Waals surface area contributed by atoms with Gasteiger partial charge in [0.1, 0.15) is 12.1 Å². The first-order chi connectivity index (χ1) is 10.9. The summed E-state index contributed by atoms with van der Waals surface area (Å²) < 4.78 is 1.70. The van der Waals surface area contributed by atoms with Crippen molar-refractivity contribution < 1.29 is 0 Å². The SMILES string of the molecule is C=C(CC)/C(C)=C(/NC1CCC(C(C)C)CC1)n1ncnc1N. The molecule has 1 heterocycles. The molecule has 0 saturated heterocycles. The van der Waals surface area contributed by atoms with Crippen LogP contribution in [0.2, 0.25) is 0 Å². The van der Waals surface area contributed by atoms with Crippen LogP contribution in [0.15, 0.2) is 24.1 Å². The standard InChI is InChI=1S/C18H31N5/c1-6-13(4)14(5)17(23-18(19)20-11-21-23)22-16-9-7-15(8-10-16)12(2)3/h11-12,15-16,22H,4,6-10H2,1-3,5H3,(H2,19,20,21)/b17-14-. The van der Waals surface area contributed by atoms with E-state index in [0.717, 1.165) is 35.2 Å². The van der Waals surface area contributed by atoms with Crippen molar-refractivity contribution in [1.29, 1.82) is 0 Å². The van der Waals surface area contributed by atoms with E-state index in [2.05, 4.69) is 49.7 Å². The molecule has 0 atom stereocenters. The highest BCUT2D eigenvalue weighted by Crippen LogP contribution is 2.31. The van der Waals surface area contributed by atoms with Gasteiger partial charge in [-0.3, -0.25) is 0 Å². The van der Waals surface area contributed by atoms with E-state index in [1.54, 1.807) is 4.68 Å². The maximum Gasteiger partial charge on any atom is 0.224 e. The summed E-state index contributed by atoms with van der Waals surface area (Å²) in [7, 11) is 0. The molecule has 0 bridgehead atoms. The quantitative estimate of drug-likeness (QED) is 0.783. The van der Waals surface area contributed by atoms with Gasteiger partial charge in [-0.2, -0.15) is 14.8 Å². The van der Waals surface area contributed by atoms with Crippen molar-refractivity contribution in [2.24, 2.45) is 11.8 Å². The highest BCUT2D eigenvalue weighted by Gasteiger charge is 2.25. The second-order valence-corrected chi connectivity index (χ2v) is 6.96. The summed E-state index contributed by atoms with van der Waals surface area (Å²) in [5, 5.41) is 7.95. The molecule has 1 aromatic heterocycles. The molecule has 0 radical (unpaired) electrons. The molecule has 1 fully saturated rings. The number of anilines is 1. The van der Waals surface area contributed by atoms with E-state index in [1.807, 2.05) is 0 Å².